The number of ether oxygens (including phenoxy) is 1. The van der Waals surface area contributed by atoms with Gasteiger partial charge in [0.2, 0.25) is 0 Å². The van der Waals surface area contributed by atoms with Crippen LogP contribution in [-0.2, 0) is 14.3 Å². The van der Waals surface area contributed by atoms with Crippen molar-refractivity contribution >= 4 is 11.9 Å². The van der Waals surface area contributed by atoms with E-state index in [1.807, 2.05) is 0 Å². The molecule has 0 atom stereocenters. The zero-order valence-electron chi connectivity index (χ0n) is 10.7. The molecule has 0 amide bonds. The van der Waals surface area contributed by atoms with E-state index in [0.29, 0.717) is 25.9 Å². The molecule has 17 heavy (non-hydrogen) atoms. The van der Waals surface area contributed by atoms with Crippen molar-refractivity contribution in [2.24, 2.45) is 0 Å². The van der Waals surface area contributed by atoms with Crippen LogP contribution in [0.4, 0.5) is 0 Å². The zero-order valence-corrected chi connectivity index (χ0v) is 10.7. The van der Waals surface area contributed by atoms with Crippen LogP contribution < -0.4 is 6.15 Å². The fraction of sp³-hybridized carbons (Fsp3) is 0.833. The second-order valence-electron chi connectivity index (χ2n) is 3.88. The lowest BCUT2D eigenvalue weighted by Gasteiger charge is -2.03. The summed E-state index contributed by atoms with van der Waals surface area (Å²) in [5.74, 6) is -1.02. The monoisotopic (exact) mass is 247 g/mol. The third kappa shape index (κ3) is 14.9. The summed E-state index contributed by atoms with van der Waals surface area (Å²) in [5.41, 5.74) is 0. The fourth-order valence-electron chi connectivity index (χ4n) is 1.33. The second-order valence-corrected chi connectivity index (χ2v) is 3.88. The van der Waals surface area contributed by atoms with Crippen LogP contribution in [0.5, 0.6) is 0 Å². The lowest BCUT2D eigenvalue weighted by atomic mass is 10.2. The van der Waals surface area contributed by atoms with Gasteiger partial charge in [-0.05, 0) is 19.3 Å². The first-order chi connectivity index (χ1) is 7.66. The molecule has 0 radical (unpaired) electrons. The van der Waals surface area contributed by atoms with Gasteiger partial charge in [0, 0.05) is 12.8 Å². The van der Waals surface area contributed by atoms with Gasteiger partial charge in [-0.1, -0.05) is 26.2 Å². The Morgan fingerprint density at radius 2 is 1.65 bits per heavy atom. The van der Waals surface area contributed by atoms with E-state index in [4.69, 9.17) is 9.84 Å². The molecule has 0 aliphatic rings. The van der Waals surface area contributed by atoms with Gasteiger partial charge >= 0.3 is 11.9 Å². The average Bonchev–Trinajstić information content (AvgIpc) is 2.24. The standard InChI is InChI=1S/C12H22O4.H3N/c1-2-3-4-7-10-16-12(15)9-6-5-8-11(13)14;/h2-10H2,1H3,(H,13,14);1H3. The molecule has 0 saturated heterocycles. The Morgan fingerprint density at radius 1 is 1.00 bits per heavy atom. The molecule has 102 valence electrons. The fourth-order valence-corrected chi connectivity index (χ4v) is 1.33. The lowest BCUT2D eigenvalue weighted by molar-refractivity contribution is -0.144. The summed E-state index contributed by atoms with van der Waals surface area (Å²) in [7, 11) is 0. The van der Waals surface area contributed by atoms with E-state index in [0.717, 1.165) is 12.8 Å². The largest absolute Gasteiger partial charge is 0.481 e. The van der Waals surface area contributed by atoms with Crippen molar-refractivity contribution in [2.45, 2.75) is 58.3 Å². The van der Waals surface area contributed by atoms with Crippen LogP contribution in [0.25, 0.3) is 0 Å². The van der Waals surface area contributed by atoms with Crippen LogP contribution in [0.1, 0.15) is 58.3 Å². The summed E-state index contributed by atoms with van der Waals surface area (Å²) in [5, 5.41) is 8.39. The average molecular weight is 247 g/mol. The van der Waals surface area contributed by atoms with Gasteiger partial charge in [-0.3, -0.25) is 9.59 Å². The van der Waals surface area contributed by atoms with E-state index >= 15 is 0 Å². The molecular weight excluding hydrogens is 222 g/mol. The van der Waals surface area contributed by atoms with Crippen molar-refractivity contribution in [3.05, 3.63) is 0 Å². The molecule has 0 aromatic rings. The van der Waals surface area contributed by atoms with Gasteiger partial charge in [-0.25, -0.2) is 0 Å². The molecule has 0 aliphatic carbocycles. The van der Waals surface area contributed by atoms with Crippen LogP contribution in [-0.4, -0.2) is 23.7 Å². The zero-order chi connectivity index (χ0) is 12.2. The minimum absolute atomic E-state index is 0. The van der Waals surface area contributed by atoms with Gasteiger partial charge < -0.3 is 16.0 Å². The van der Waals surface area contributed by atoms with E-state index in [1.165, 1.54) is 12.8 Å². The highest BCUT2D eigenvalue weighted by Gasteiger charge is 2.03. The number of hydrogen-bond acceptors (Lipinski definition) is 4. The first-order valence-electron chi connectivity index (χ1n) is 6.04. The molecule has 0 unspecified atom stereocenters. The number of aliphatic carboxylic acids is 1. The summed E-state index contributed by atoms with van der Waals surface area (Å²) >= 11 is 0. The Kier molecular flexibility index (Phi) is 13.9. The molecule has 0 aliphatic heterocycles. The van der Waals surface area contributed by atoms with Crippen molar-refractivity contribution in [3.8, 4) is 0 Å². The molecule has 4 N–H and O–H groups in total. The highest BCUT2D eigenvalue weighted by Crippen LogP contribution is 2.03. The van der Waals surface area contributed by atoms with Gasteiger partial charge in [0.15, 0.2) is 0 Å². The first kappa shape index (κ1) is 18.3. The third-order valence-electron chi connectivity index (χ3n) is 2.28. The van der Waals surface area contributed by atoms with Crippen molar-refractivity contribution in [1.82, 2.24) is 6.15 Å². The Hall–Kier alpha value is -1.10. The minimum Gasteiger partial charge on any atom is -0.481 e. The smallest absolute Gasteiger partial charge is 0.305 e. The van der Waals surface area contributed by atoms with Gasteiger partial charge in [0.25, 0.3) is 0 Å². The van der Waals surface area contributed by atoms with E-state index in [9.17, 15) is 9.59 Å². The number of hydrogen-bond donors (Lipinski definition) is 2. The van der Waals surface area contributed by atoms with Crippen LogP contribution in [0, 0.1) is 0 Å². The highest BCUT2D eigenvalue weighted by molar-refractivity contribution is 5.69. The normalized spacial score (nSPS) is 9.47. The molecule has 5 nitrogen and oxygen atoms in total. The van der Waals surface area contributed by atoms with Gasteiger partial charge in [-0.2, -0.15) is 0 Å². The Labute approximate surface area is 103 Å². The molecule has 0 rings (SSSR count). The number of unbranched alkanes of at least 4 members (excludes halogenated alkanes) is 4. The summed E-state index contributed by atoms with van der Waals surface area (Å²) in [6, 6.07) is 0. The quantitative estimate of drug-likeness (QED) is 0.457. The molecule has 0 aromatic heterocycles. The molecule has 0 spiro atoms. The van der Waals surface area contributed by atoms with E-state index < -0.39 is 5.97 Å². The predicted octanol–water partition coefficient (Wildman–Crippen LogP) is 2.92. The maximum atomic E-state index is 11.2. The van der Waals surface area contributed by atoms with E-state index in [-0.39, 0.29) is 18.5 Å². The number of rotatable bonds is 10. The summed E-state index contributed by atoms with van der Waals surface area (Å²) in [6.07, 6.45) is 5.97. The SMILES string of the molecule is CCCCCCOC(=O)CCCCC(=O)O.N. The van der Waals surface area contributed by atoms with Gasteiger partial charge in [0.05, 0.1) is 6.61 Å². The Bertz CT molecular complexity index is 207. The number of carbonyl (C=O) groups is 2. The molecule has 0 aromatic carbocycles. The second kappa shape index (κ2) is 13.0. The van der Waals surface area contributed by atoms with Crippen LogP contribution in [0.3, 0.4) is 0 Å². The molecule has 0 fully saturated rings. The summed E-state index contributed by atoms with van der Waals surface area (Å²) in [6.45, 7) is 2.63. The summed E-state index contributed by atoms with van der Waals surface area (Å²) < 4.78 is 5.01. The van der Waals surface area contributed by atoms with Gasteiger partial charge in [-0.15, -0.1) is 0 Å². The first-order valence-corrected chi connectivity index (χ1v) is 6.04. The maximum Gasteiger partial charge on any atom is 0.305 e. The van der Waals surface area contributed by atoms with Crippen molar-refractivity contribution in [1.29, 1.82) is 0 Å². The van der Waals surface area contributed by atoms with E-state index in [1.54, 1.807) is 0 Å². The van der Waals surface area contributed by atoms with Crippen LogP contribution >= 0.6 is 0 Å². The molecular formula is C12H25NO4. The predicted molar refractivity (Wildman–Crippen MR) is 66.2 cm³/mol. The molecule has 0 heterocycles. The van der Waals surface area contributed by atoms with Crippen LogP contribution in [0.15, 0.2) is 0 Å². The molecule has 0 saturated carbocycles. The lowest BCUT2D eigenvalue weighted by Crippen LogP contribution is -2.06. The van der Waals surface area contributed by atoms with Crippen molar-refractivity contribution in [2.75, 3.05) is 6.61 Å². The Morgan fingerprint density at radius 3 is 2.24 bits per heavy atom. The van der Waals surface area contributed by atoms with Crippen LogP contribution in [0.2, 0.25) is 0 Å². The number of carbonyl (C=O) groups excluding carboxylic acids is 1. The molecule has 0 bridgehead atoms. The highest BCUT2D eigenvalue weighted by atomic mass is 16.5. The summed E-state index contributed by atoms with van der Waals surface area (Å²) in [4.78, 5) is 21.4. The van der Waals surface area contributed by atoms with Gasteiger partial charge in [0.1, 0.15) is 0 Å². The third-order valence-corrected chi connectivity index (χ3v) is 2.28. The topological polar surface area (TPSA) is 98.6 Å². The van der Waals surface area contributed by atoms with E-state index in [2.05, 4.69) is 6.92 Å². The minimum atomic E-state index is -0.812. The number of carboxylic acids is 1. The number of esters is 1. The Balaban J connectivity index is 0. The maximum absolute atomic E-state index is 11.2. The van der Waals surface area contributed by atoms with Crippen molar-refractivity contribution in [3.63, 3.8) is 0 Å². The number of carboxylic acid groups (broad SMARTS) is 1. The van der Waals surface area contributed by atoms with Crippen molar-refractivity contribution < 1.29 is 19.4 Å². The molecule has 5 heteroatoms.